The van der Waals surface area contributed by atoms with Crippen molar-refractivity contribution in [2.24, 2.45) is 0 Å². The summed E-state index contributed by atoms with van der Waals surface area (Å²) >= 11 is 0. The number of halogens is 9. The normalized spacial score (nSPS) is 14.3. The van der Waals surface area contributed by atoms with Crippen molar-refractivity contribution in [2.75, 3.05) is 0 Å². The minimum Gasteiger partial charge on any atom is -0.294 e. The van der Waals surface area contributed by atoms with Crippen LogP contribution in [0, 0.1) is 18.3 Å². The highest BCUT2D eigenvalue weighted by Crippen LogP contribution is 2.58. The van der Waals surface area contributed by atoms with Gasteiger partial charge in [-0.25, -0.2) is 9.37 Å². The Kier molecular flexibility index (Phi) is 7.36. The molecule has 1 unspecified atom stereocenters. The highest BCUT2D eigenvalue weighted by atomic mass is 19.4. The lowest BCUT2D eigenvalue weighted by Gasteiger charge is -2.36. The maximum absolute atomic E-state index is 15.0. The number of aromatic nitrogens is 1. The molecular weight excluding hydrogens is 526 g/mol. The van der Waals surface area contributed by atoms with Gasteiger partial charge in [0.05, 0.1) is 5.52 Å². The van der Waals surface area contributed by atoms with Crippen LogP contribution in [-0.2, 0) is 18.5 Å². The summed E-state index contributed by atoms with van der Waals surface area (Å²) in [4.78, 5) is 17.1. The first-order chi connectivity index (χ1) is 17.4. The number of carbonyl (C=O) groups is 1. The molecule has 0 aliphatic rings. The van der Waals surface area contributed by atoms with Crippen molar-refractivity contribution in [3.8, 4) is 6.07 Å². The van der Waals surface area contributed by atoms with Crippen LogP contribution in [0.2, 0.25) is 0 Å². The SMILES string of the molecule is [B]c1cc(C#N)nc2ccc(C(=O)Cc3c(C)cc(C(F)(C(F)(F)F)C(F)(F)C(F)(F)F)cc3CC)cc12. The molecule has 2 aromatic carbocycles. The number of pyridine rings is 1. The van der Waals surface area contributed by atoms with Crippen LogP contribution in [0.15, 0.2) is 36.4 Å². The number of nitrogens with zero attached hydrogens (tertiary/aromatic N) is 2. The fraction of sp³-hybridized carbons (Fsp3) is 0.320. The molecule has 0 aliphatic carbocycles. The van der Waals surface area contributed by atoms with Crippen molar-refractivity contribution in [1.29, 1.82) is 5.26 Å². The van der Waals surface area contributed by atoms with Crippen LogP contribution < -0.4 is 5.46 Å². The predicted molar refractivity (Wildman–Crippen MR) is 120 cm³/mol. The van der Waals surface area contributed by atoms with Gasteiger partial charge in [0.15, 0.2) is 5.78 Å². The first kappa shape index (κ1) is 29.0. The molecule has 3 aromatic rings. The number of alkyl halides is 9. The van der Waals surface area contributed by atoms with Gasteiger partial charge in [-0.05, 0) is 59.7 Å². The summed E-state index contributed by atoms with van der Waals surface area (Å²) in [5.74, 6) is -7.39. The topological polar surface area (TPSA) is 53.8 Å². The third-order valence-corrected chi connectivity index (χ3v) is 6.14. The summed E-state index contributed by atoms with van der Waals surface area (Å²) in [5.41, 5.74) is -7.85. The molecule has 1 heterocycles. The van der Waals surface area contributed by atoms with E-state index in [0.29, 0.717) is 10.9 Å². The maximum Gasteiger partial charge on any atom is 0.457 e. The molecule has 1 atom stereocenters. The van der Waals surface area contributed by atoms with E-state index in [4.69, 9.17) is 13.1 Å². The second-order valence-corrected chi connectivity index (χ2v) is 8.55. The molecule has 0 bridgehead atoms. The predicted octanol–water partition coefficient (Wildman–Crippen LogP) is 6.12. The lowest BCUT2D eigenvalue weighted by molar-refractivity contribution is -0.389. The lowest BCUT2D eigenvalue weighted by Crippen LogP contribution is -2.59. The van der Waals surface area contributed by atoms with Gasteiger partial charge in [0.1, 0.15) is 19.6 Å². The number of aryl methyl sites for hydroxylation is 2. The Balaban J connectivity index is 2.09. The van der Waals surface area contributed by atoms with E-state index in [9.17, 15) is 39.9 Å². The van der Waals surface area contributed by atoms with E-state index >= 15 is 4.39 Å². The molecule has 0 saturated carbocycles. The average molecular weight is 542 g/mol. The maximum atomic E-state index is 15.0. The summed E-state index contributed by atoms with van der Waals surface area (Å²) in [5, 5.41) is 9.33. The monoisotopic (exact) mass is 542 g/mol. The van der Waals surface area contributed by atoms with Crippen LogP contribution in [0.25, 0.3) is 10.9 Å². The number of nitriles is 1. The largest absolute Gasteiger partial charge is 0.457 e. The van der Waals surface area contributed by atoms with E-state index in [0.717, 1.165) is 6.92 Å². The second kappa shape index (κ2) is 9.64. The van der Waals surface area contributed by atoms with E-state index < -0.39 is 41.7 Å². The third-order valence-electron chi connectivity index (χ3n) is 6.14. The number of ketones is 1. The molecular formula is C25H16BF9N2O. The molecule has 3 rings (SSSR count). The van der Waals surface area contributed by atoms with Gasteiger partial charge in [-0.1, -0.05) is 24.5 Å². The molecule has 198 valence electrons. The molecule has 0 N–H and O–H groups in total. The first-order valence-electron chi connectivity index (χ1n) is 10.9. The number of benzene rings is 2. The Labute approximate surface area is 211 Å². The number of Topliss-reactive ketones (excluding diaryl/α,β-unsaturated/α-hetero) is 1. The van der Waals surface area contributed by atoms with Crippen molar-refractivity contribution in [3.05, 3.63) is 69.9 Å². The van der Waals surface area contributed by atoms with Gasteiger partial charge in [-0.15, -0.1) is 0 Å². The zero-order chi connectivity index (χ0) is 28.8. The van der Waals surface area contributed by atoms with Crippen molar-refractivity contribution in [2.45, 2.75) is 50.6 Å². The number of carbonyl (C=O) groups excluding carboxylic acids is 1. The van der Waals surface area contributed by atoms with Crippen LogP contribution in [0.1, 0.15) is 45.2 Å². The third kappa shape index (κ3) is 4.72. The van der Waals surface area contributed by atoms with Crippen molar-refractivity contribution in [3.63, 3.8) is 0 Å². The Morgan fingerprint density at radius 3 is 2.13 bits per heavy atom. The Morgan fingerprint density at radius 2 is 1.61 bits per heavy atom. The summed E-state index contributed by atoms with van der Waals surface area (Å²) in [6.07, 6.45) is -14.1. The van der Waals surface area contributed by atoms with Crippen molar-refractivity contribution < 1.29 is 44.3 Å². The van der Waals surface area contributed by atoms with Crippen molar-refractivity contribution in [1.82, 2.24) is 4.98 Å². The molecule has 2 radical (unpaired) electrons. The molecule has 1 aromatic heterocycles. The fourth-order valence-corrected chi connectivity index (χ4v) is 4.12. The van der Waals surface area contributed by atoms with Gasteiger partial charge in [0.2, 0.25) is 0 Å². The van der Waals surface area contributed by atoms with Crippen LogP contribution in [0.3, 0.4) is 0 Å². The number of rotatable bonds is 6. The molecule has 0 aliphatic heterocycles. The molecule has 0 fully saturated rings. The van der Waals surface area contributed by atoms with Gasteiger partial charge in [-0.2, -0.15) is 40.4 Å². The van der Waals surface area contributed by atoms with Crippen LogP contribution in [-0.4, -0.2) is 36.9 Å². The molecule has 0 spiro atoms. The van der Waals surface area contributed by atoms with Crippen LogP contribution in [0.4, 0.5) is 39.5 Å². The molecule has 3 nitrogen and oxygen atoms in total. The van der Waals surface area contributed by atoms with Gasteiger partial charge >= 0.3 is 23.9 Å². The molecule has 38 heavy (non-hydrogen) atoms. The van der Waals surface area contributed by atoms with E-state index in [-0.39, 0.29) is 52.0 Å². The molecule has 0 amide bonds. The summed E-state index contributed by atoms with van der Waals surface area (Å²) in [7, 11) is 5.91. The standard InChI is InChI=1S/C25H16BF9N2O/c1-3-13-7-15(22(27,24(30,31)32)23(28,29)25(33,34)35)6-12(2)17(13)10-21(38)14-4-5-20-18(8-14)19(26)9-16(11-36)37-20/h4-9H,3,10H2,1-2H3. The average Bonchev–Trinajstić information content (AvgIpc) is 2.82. The summed E-state index contributed by atoms with van der Waals surface area (Å²) in [6, 6.07) is 7.79. The fourth-order valence-electron chi connectivity index (χ4n) is 4.12. The van der Waals surface area contributed by atoms with Gasteiger partial charge in [0, 0.05) is 17.5 Å². The quantitative estimate of drug-likeness (QED) is 0.214. The van der Waals surface area contributed by atoms with Gasteiger partial charge in [-0.3, -0.25) is 4.79 Å². The first-order valence-corrected chi connectivity index (χ1v) is 10.9. The number of hydrogen-bond acceptors (Lipinski definition) is 3. The highest BCUT2D eigenvalue weighted by molar-refractivity contribution is 6.38. The Bertz CT molecular complexity index is 1460. The van der Waals surface area contributed by atoms with E-state index in [2.05, 4.69) is 4.98 Å². The second-order valence-electron chi connectivity index (χ2n) is 8.55. The zero-order valence-electron chi connectivity index (χ0n) is 19.7. The smallest absolute Gasteiger partial charge is 0.294 e. The van der Waals surface area contributed by atoms with Crippen LogP contribution >= 0.6 is 0 Å². The Morgan fingerprint density at radius 1 is 0.974 bits per heavy atom. The minimum atomic E-state index is -6.84. The summed E-state index contributed by atoms with van der Waals surface area (Å²) < 4.78 is 122. The van der Waals surface area contributed by atoms with E-state index in [1.165, 1.54) is 31.2 Å². The Hall–Kier alpha value is -3.56. The summed E-state index contributed by atoms with van der Waals surface area (Å²) in [6.45, 7) is 2.44. The molecule has 0 saturated heterocycles. The highest BCUT2D eigenvalue weighted by Gasteiger charge is 2.81. The van der Waals surface area contributed by atoms with Crippen LogP contribution in [0.5, 0.6) is 0 Å². The van der Waals surface area contributed by atoms with Crippen molar-refractivity contribution >= 4 is 30.0 Å². The lowest BCUT2D eigenvalue weighted by atomic mass is 9.82. The van der Waals surface area contributed by atoms with Gasteiger partial charge in [0.25, 0.3) is 0 Å². The van der Waals surface area contributed by atoms with Gasteiger partial charge < -0.3 is 0 Å². The molecule has 13 heteroatoms. The zero-order valence-corrected chi connectivity index (χ0v) is 19.7. The van der Waals surface area contributed by atoms with E-state index in [1.54, 1.807) is 0 Å². The van der Waals surface area contributed by atoms with E-state index in [1.807, 2.05) is 6.07 Å². The number of fused-ring (bicyclic) bond motifs is 1. The number of hydrogen-bond donors (Lipinski definition) is 0. The minimum absolute atomic E-state index is 0.0382.